The van der Waals surface area contributed by atoms with Gasteiger partial charge in [-0.1, -0.05) is 13.8 Å². The van der Waals surface area contributed by atoms with Crippen LogP contribution in [0.25, 0.3) is 0 Å². The molecule has 7 heteroatoms. The first-order valence-electron chi connectivity index (χ1n) is 7.83. The van der Waals surface area contributed by atoms with Crippen molar-refractivity contribution in [2.24, 2.45) is 11.8 Å². The van der Waals surface area contributed by atoms with Crippen molar-refractivity contribution in [2.75, 3.05) is 26.2 Å². The quantitative estimate of drug-likeness (QED) is 0.721. The standard InChI is InChI=1S/C16H23N3O4/c1-11(2)8-19-9-13(7-14(19)20)16(22)18-5-4-17-15(21)12-3-6-23-10-12/h3,6,10-11,13H,4-5,7-9H2,1-2H3,(H,17,21)(H,18,22)/t13-/m1/s1. The van der Waals surface area contributed by atoms with Gasteiger partial charge in [0.05, 0.1) is 17.7 Å². The number of nitrogens with one attached hydrogen (secondary N) is 2. The smallest absolute Gasteiger partial charge is 0.254 e. The predicted octanol–water partition coefficient (Wildman–Crippen LogP) is 0.630. The summed E-state index contributed by atoms with van der Waals surface area (Å²) in [6, 6.07) is 1.57. The Morgan fingerprint density at radius 2 is 2.09 bits per heavy atom. The van der Waals surface area contributed by atoms with Gasteiger partial charge in [-0.2, -0.15) is 0 Å². The van der Waals surface area contributed by atoms with Crippen LogP contribution >= 0.6 is 0 Å². The van der Waals surface area contributed by atoms with Crippen molar-refractivity contribution in [2.45, 2.75) is 20.3 Å². The highest BCUT2D eigenvalue weighted by molar-refractivity contribution is 5.93. The Morgan fingerprint density at radius 1 is 1.35 bits per heavy atom. The largest absolute Gasteiger partial charge is 0.472 e. The summed E-state index contributed by atoms with van der Waals surface area (Å²) < 4.78 is 4.83. The van der Waals surface area contributed by atoms with Gasteiger partial charge in [0, 0.05) is 32.6 Å². The third-order valence-electron chi connectivity index (χ3n) is 3.66. The lowest BCUT2D eigenvalue weighted by molar-refractivity contribution is -0.129. The van der Waals surface area contributed by atoms with Gasteiger partial charge >= 0.3 is 0 Å². The van der Waals surface area contributed by atoms with Gasteiger partial charge in [0.2, 0.25) is 11.8 Å². The number of furan rings is 1. The van der Waals surface area contributed by atoms with E-state index in [9.17, 15) is 14.4 Å². The molecule has 1 atom stereocenters. The maximum atomic E-state index is 12.1. The number of hydrogen-bond acceptors (Lipinski definition) is 4. The Kier molecular flexibility index (Phi) is 5.78. The fourth-order valence-corrected chi connectivity index (χ4v) is 2.57. The number of likely N-dealkylation sites (tertiary alicyclic amines) is 1. The van der Waals surface area contributed by atoms with Crippen LogP contribution in [0.5, 0.6) is 0 Å². The summed E-state index contributed by atoms with van der Waals surface area (Å²) in [7, 11) is 0. The Balaban J connectivity index is 1.67. The molecule has 2 N–H and O–H groups in total. The molecule has 2 heterocycles. The van der Waals surface area contributed by atoms with Crippen molar-refractivity contribution in [3.63, 3.8) is 0 Å². The SMILES string of the molecule is CC(C)CN1C[C@H](C(=O)NCCNC(=O)c2ccoc2)CC1=O. The lowest BCUT2D eigenvalue weighted by atomic mass is 10.1. The zero-order chi connectivity index (χ0) is 16.8. The second-order valence-electron chi connectivity index (χ2n) is 6.15. The third-order valence-corrected chi connectivity index (χ3v) is 3.66. The van der Waals surface area contributed by atoms with Crippen LogP contribution in [0, 0.1) is 11.8 Å². The van der Waals surface area contributed by atoms with E-state index >= 15 is 0 Å². The molecule has 0 radical (unpaired) electrons. The second kappa shape index (κ2) is 7.80. The minimum absolute atomic E-state index is 0.0344. The van der Waals surface area contributed by atoms with Crippen molar-refractivity contribution in [3.05, 3.63) is 24.2 Å². The normalized spacial score (nSPS) is 17.6. The highest BCUT2D eigenvalue weighted by atomic mass is 16.3. The number of amides is 3. The second-order valence-corrected chi connectivity index (χ2v) is 6.15. The molecule has 23 heavy (non-hydrogen) atoms. The molecule has 3 amide bonds. The Labute approximate surface area is 135 Å². The lowest BCUT2D eigenvalue weighted by Crippen LogP contribution is -2.38. The van der Waals surface area contributed by atoms with Crippen LogP contribution in [-0.2, 0) is 9.59 Å². The molecule has 0 unspecified atom stereocenters. The summed E-state index contributed by atoms with van der Waals surface area (Å²) in [5.41, 5.74) is 0.446. The lowest BCUT2D eigenvalue weighted by Gasteiger charge is -2.18. The van der Waals surface area contributed by atoms with Gasteiger partial charge in [-0.3, -0.25) is 14.4 Å². The number of hydrogen-bond donors (Lipinski definition) is 2. The van der Waals surface area contributed by atoms with Gasteiger partial charge in [-0.05, 0) is 12.0 Å². The van der Waals surface area contributed by atoms with Gasteiger partial charge in [-0.15, -0.1) is 0 Å². The molecule has 126 valence electrons. The molecule has 7 nitrogen and oxygen atoms in total. The van der Waals surface area contributed by atoms with E-state index in [0.29, 0.717) is 37.7 Å². The van der Waals surface area contributed by atoms with Gasteiger partial charge in [0.1, 0.15) is 6.26 Å². The van der Waals surface area contributed by atoms with Crippen LogP contribution in [0.3, 0.4) is 0 Å². The molecule has 0 spiro atoms. The molecule has 1 aliphatic rings. The first-order chi connectivity index (χ1) is 11.0. The van der Waals surface area contributed by atoms with Crippen molar-refractivity contribution in [1.82, 2.24) is 15.5 Å². The number of rotatable bonds is 7. The minimum Gasteiger partial charge on any atom is -0.472 e. The number of carbonyl (C=O) groups is 3. The van der Waals surface area contributed by atoms with E-state index in [4.69, 9.17) is 4.42 Å². The van der Waals surface area contributed by atoms with E-state index in [2.05, 4.69) is 10.6 Å². The van der Waals surface area contributed by atoms with Crippen molar-refractivity contribution in [1.29, 1.82) is 0 Å². The van der Waals surface area contributed by atoms with E-state index in [1.807, 2.05) is 13.8 Å². The molecular formula is C16H23N3O4. The molecule has 0 aromatic carbocycles. The molecule has 1 saturated heterocycles. The first kappa shape index (κ1) is 17.1. The first-order valence-corrected chi connectivity index (χ1v) is 7.83. The molecule has 1 fully saturated rings. The molecule has 1 aromatic rings. The van der Waals surface area contributed by atoms with E-state index in [-0.39, 0.29) is 30.1 Å². The Hall–Kier alpha value is -2.31. The van der Waals surface area contributed by atoms with Crippen LogP contribution in [0.4, 0.5) is 0 Å². The summed E-state index contributed by atoms with van der Waals surface area (Å²) in [5, 5.41) is 5.45. The van der Waals surface area contributed by atoms with Crippen LogP contribution in [-0.4, -0.2) is 48.8 Å². The summed E-state index contributed by atoms with van der Waals surface area (Å²) in [6.07, 6.45) is 3.05. The van der Waals surface area contributed by atoms with Gasteiger partial charge in [0.15, 0.2) is 0 Å². The average Bonchev–Trinajstić information content (AvgIpc) is 3.13. The van der Waals surface area contributed by atoms with Gasteiger partial charge in [0.25, 0.3) is 5.91 Å². The molecule has 1 aliphatic heterocycles. The topological polar surface area (TPSA) is 91.7 Å². The van der Waals surface area contributed by atoms with Gasteiger partial charge < -0.3 is 20.0 Å². The van der Waals surface area contributed by atoms with Crippen LogP contribution < -0.4 is 10.6 Å². The molecule has 0 bridgehead atoms. The van der Waals surface area contributed by atoms with Gasteiger partial charge in [-0.25, -0.2) is 0 Å². The molecule has 1 aromatic heterocycles. The molecular weight excluding hydrogens is 298 g/mol. The van der Waals surface area contributed by atoms with Crippen LogP contribution in [0.1, 0.15) is 30.6 Å². The van der Waals surface area contributed by atoms with E-state index in [1.165, 1.54) is 12.5 Å². The number of nitrogens with zero attached hydrogens (tertiary/aromatic N) is 1. The maximum Gasteiger partial charge on any atom is 0.254 e. The third kappa shape index (κ3) is 4.84. The monoisotopic (exact) mass is 321 g/mol. The number of carbonyl (C=O) groups excluding carboxylic acids is 3. The fraction of sp³-hybridized carbons (Fsp3) is 0.562. The van der Waals surface area contributed by atoms with Crippen molar-refractivity contribution in [3.8, 4) is 0 Å². The molecule has 0 aliphatic carbocycles. The van der Waals surface area contributed by atoms with E-state index in [1.54, 1.807) is 11.0 Å². The summed E-state index contributed by atoms with van der Waals surface area (Å²) in [5.74, 6) is -0.258. The zero-order valence-electron chi connectivity index (χ0n) is 13.5. The summed E-state index contributed by atoms with van der Waals surface area (Å²) in [4.78, 5) is 37.3. The molecule has 0 saturated carbocycles. The van der Waals surface area contributed by atoms with Crippen molar-refractivity contribution < 1.29 is 18.8 Å². The highest BCUT2D eigenvalue weighted by Gasteiger charge is 2.34. The van der Waals surface area contributed by atoms with Crippen LogP contribution in [0.2, 0.25) is 0 Å². The van der Waals surface area contributed by atoms with Crippen LogP contribution in [0.15, 0.2) is 23.0 Å². The summed E-state index contributed by atoms with van der Waals surface area (Å²) >= 11 is 0. The fourth-order valence-electron chi connectivity index (χ4n) is 2.57. The summed E-state index contributed by atoms with van der Waals surface area (Å²) in [6.45, 7) is 5.91. The zero-order valence-corrected chi connectivity index (χ0v) is 13.5. The minimum atomic E-state index is -0.300. The average molecular weight is 321 g/mol. The van der Waals surface area contributed by atoms with Crippen molar-refractivity contribution >= 4 is 17.7 Å². The Morgan fingerprint density at radius 3 is 2.74 bits per heavy atom. The van der Waals surface area contributed by atoms with E-state index in [0.717, 1.165) is 0 Å². The van der Waals surface area contributed by atoms with E-state index < -0.39 is 0 Å². The maximum absolute atomic E-state index is 12.1. The predicted molar refractivity (Wildman–Crippen MR) is 83.6 cm³/mol. The Bertz CT molecular complexity index is 554. The highest BCUT2D eigenvalue weighted by Crippen LogP contribution is 2.18. The molecule has 2 rings (SSSR count).